The third-order valence-corrected chi connectivity index (χ3v) is 5.55. The number of rotatable bonds is 4. The van der Waals surface area contributed by atoms with E-state index >= 15 is 0 Å². The fraction of sp³-hybridized carbons (Fsp3) is 0.167. The largest absolute Gasteiger partial charge is 0.493 e. The van der Waals surface area contributed by atoms with Gasteiger partial charge in [0.25, 0.3) is 5.72 Å². The summed E-state index contributed by atoms with van der Waals surface area (Å²) in [4.78, 5) is 19.2. The summed E-state index contributed by atoms with van der Waals surface area (Å²) in [6.45, 7) is 0. The molecule has 0 bridgehead atoms. The predicted molar refractivity (Wildman–Crippen MR) is 115 cm³/mol. The van der Waals surface area contributed by atoms with E-state index in [-0.39, 0.29) is 12.3 Å². The monoisotopic (exact) mass is 415 g/mol. The molecule has 0 fully saturated rings. The summed E-state index contributed by atoms with van der Waals surface area (Å²) in [6.07, 6.45) is 0.159. The van der Waals surface area contributed by atoms with Crippen molar-refractivity contribution in [3.63, 3.8) is 0 Å². The summed E-state index contributed by atoms with van der Waals surface area (Å²) in [5, 5.41) is 6.13. The van der Waals surface area contributed by atoms with E-state index in [0.29, 0.717) is 17.3 Å². The Morgan fingerprint density at radius 2 is 1.61 bits per heavy atom. The van der Waals surface area contributed by atoms with E-state index in [4.69, 9.17) is 14.3 Å². The Labute approximate surface area is 179 Å². The molecule has 0 saturated heterocycles. The van der Waals surface area contributed by atoms with Crippen molar-refractivity contribution in [1.82, 2.24) is 10.4 Å². The fourth-order valence-corrected chi connectivity index (χ4v) is 4.13. The number of nitrogens with zero attached hydrogens (tertiary/aromatic N) is 2. The Morgan fingerprint density at radius 1 is 0.968 bits per heavy atom. The van der Waals surface area contributed by atoms with Gasteiger partial charge < -0.3 is 14.3 Å². The zero-order chi connectivity index (χ0) is 21.4. The highest BCUT2D eigenvalue weighted by Crippen LogP contribution is 2.47. The lowest BCUT2D eigenvalue weighted by Crippen LogP contribution is -2.55. The van der Waals surface area contributed by atoms with Crippen molar-refractivity contribution >= 4 is 11.7 Å². The minimum Gasteiger partial charge on any atom is -0.493 e. The van der Waals surface area contributed by atoms with Crippen LogP contribution in [0.5, 0.6) is 11.5 Å². The molecule has 1 amide bonds. The van der Waals surface area contributed by atoms with E-state index in [1.54, 1.807) is 19.2 Å². The molecule has 1 unspecified atom stereocenters. The van der Waals surface area contributed by atoms with Gasteiger partial charge >= 0.3 is 0 Å². The number of oxime groups is 1. The number of hydrogen-bond donors (Lipinski definition) is 1. The zero-order valence-corrected chi connectivity index (χ0v) is 17.2. The van der Waals surface area contributed by atoms with Crippen molar-refractivity contribution in [3.8, 4) is 11.5 Å². The highest BCUT2D eigenvalue weighted by molar-refractivity contribution is 6.01. The van der Waals surface area contributed by atoms with Crippen molar-refractivity contribution < 1.29 is 19.1 Å². The maximum atomic E-state index is 13.0. The number of amides is 1. The van der Waals surface area contributed by atoms with Crippen LogP contribution in [-0.4, -0.2) is 31.0 Å². The average molecular weight is 415 g/mol. The van der Waals surface area contributed by atoms with Gasteiger partial charge in [-0.3, -0.25) is 10.2 Å². The molecule has 2 aliphatic heterocycles. The summed E-state index contributed by atoms with van der Waals surface area (Å²) in [7, 11) is 3.15. The van der Waals surface area contributed by atoms with Crippen LogP contribution in [0.1, 0.15) is 22.3 Å². The van der Waals surface area contributed by atoms with E-state index < -0.39 is 5.72 Å². The molecule has 7 nitrogen and oxygen atoms in total. The number of methoxy groups -OCH3 is 2. The van der Waals surface area contributed by atoms with E-state index in [2.05, 4.69) is 10.6 Å². The van der Waals surface area contributed by atoms with Crippen LogP contribution < -0.4 is 14.9 Å². The maximum Gasteiger partial charge on any atom is 0.280 e. The van der Waals surface area contributed by atoms with Crippen LogP contribution >= 0.6 is 0 Å². The summed E-state index contributed by atoms with van der Waals surface area (Å²) in [5.41, 5.74) is 4.97. The number of carbonyl (C=O) groups excluding carboxylic acids is 1. The van der Waals surface area contributed by atoms with Crippen LogP contribution in [0, 0.1) is 0 Å². The van der Waals surface area contributed by atoms with E-state index in [1.165, 1.54) is 0 Å². The topological polar surface area (TPSA) is 72.4 Å². The van der Waals surface area contributed by atoms with Crippen LogP contribution in [0.4, 0.5) is 0 Å². The fourth-order valence-electron chi connectivity index (χ4n) is 4.13. The summed E-state index contributed by atoms with van der Waals surface area (Å²) in [5.74, 6) is 1.43. The van der Waals surface area contributed by atoms with Crippen LogP contribution in [0.2, 0.25) is 0 Å². The molecule has 0 radical (unpaired) electrons. The minimum atomic E-state index is -1.20. The number of hydrazine groups is 1. The molecule has 0 spiro atoms. The minimum absolute atomic E-state index is 0.159. The molecule has 5 rings (SSSR count). The lowest BCUT2D eigenvalue weighted by atomic mass is 9.88. The molecule has 1 atom stereocenters. The van der Waals surface area contributed by atoms with Gasteiger partial charge in [-0.1, -0.05) is 65.8 Å². The van der Waals surface area contributed by atoms with E-state index in [1.807, 2.05) is 72.8 Å². The van der Waals surface area contributed by atoms with E-state index in [0.717, 1.165) is 22.3 Å². The number of benzene rings is 3. The Bertz CT molecular complexity index is 1160. The number of fused-ring (bicyclic) bond motifs is 3. The van der Waals surface area contributed by atoms with Gasteiger partial charge in [0.2, 0.25) is 5.91 Å². The zero-order valence-electron chi connectivity index (χ0n) is 17.2. The van der Waals surface area contributed by atoms with Crippen LogP contribution in [0.25, 0.3) is 0 Å². The van der Waals surface area contributed by atoms with Gasteiger partial charge in [-0.2, -0.15) is 0 Å². The molecule has 3 aromatic rings. The smallest absolute Gasteiger partial charge is 0.280 e. The molecule has 0 aliphatic carbocycles. The lowest BCUT2D eigenvalue weighted by Gasteiger charge is -2.36. The van der Waals surface area contributed by atoms with Gasteiger partial charge in [0.15, 0.2) is 17.3 Å². The Hall–Kier alpha value is -4.00. The molecule has 31 heavy (non-hydrogen) atoms. The van der Waals surface area contributed by atoms with Gasteiger partial charge in [-0.25, -0.2) is 5.01 Å². The highest BCUT2D eigenvalue weighted by Gasteiger charge is 2.54. The first-order valence-electron chi connectivity index (χ1n) is 9.89. The molecule has 7 heteroatoms. The van der Waals surface area contributed by atoms with Crippen LogP contribution in [-0.2, 0) is 21.8 Å². The van der Waals surface area contributed by atoms with Gasteiger partial charge in [-0.05, 0) is 17.7 Å². The predicted octanol–water partition coefficient (Wildman–Crippen LogP) is 3.19. The molecular formula is C24H21N3O4. The second-order valence-corrected chi connectivity index (χ2v) is 7.29. The first-order valence-corrected chi connectivity index (χ1v) is 9.89. The second kappa shape index (κ2) is 7.36. The summed E-state index contributed by atoms with van der Waals surface area (Å²) >= 11 is 0. The summed E-state index contributed by atoms with van der Waals surface area (Å²) < 4.78 is 11.0. The van der Waals surface area contributed by atoms with Crippen molar-refractivity contribution in [2.45, 2.75) is 12.1 Å². The third kappa shape index (κ3) is 2.89. The van der Waals surface area contributed by atoms with Gasteiger partial charge in [0, 0.05) is 16.7 Å². The lowest BCUT2D eigenvalue weighted by molar-refractivity contribution is -0.133. The maximum absolute atomic E-state index is 13.0. The molecule has 0 saturated carbocycles. The van der Waals surface area contributed by atoms with Crippen molar-refractivity contribution in [3.05, 3.63) is 95.1 Å². The van der Waals surface area contributed by atoms with Gasteiger partial charge in [-0.15, -0.1) is 0 Å². The molecule has 1 N–H and O–H groups in total. The van der Waals surface area contributed by atoms with Crippen molar-refractivity contribution in [2.75, 3.05) is 14.2 Å². The standard InChI is InChI=1S/C24H21N3O4/c1-29-20-13-17-14-22(28)25-27-23(16-9-5-3-6-10-16)26-31-24(27,18-11-7-4-8-12-18)19(17)15-21(20)30-2/h3-13,15H,14H2,1-2H3,(H,25,28). The van der Waals surface area contributed by atoms with Crippen LogP contribution in [0.15, 0.2) is 78.0 Å². The molecule has 156 valence electrons. The first kappa shape index (κ1) is 19.0. The van der Waals surface area contributed by atoms with E-state index in [9.17, 15) is 4.79 Å². The second-order valence-electron chi connectivity index (χ2n) is 7.29. The number of nitrogens with one attached hydrogen (secondary N) is 1. The average Bonchev–Trinajstić information content (AvgIpc) is 3.13. The Morgan fingerprint density at radius 3 is 2.29 bits per heavy atom. The normalized spacial score (nSPS) is 19.4. The van der Waals surface area contributed by atoms with Crippen molar-refractivity contribution in [2.24, 2.45) is 5.16 Å². The Kier molecular flexibility index (Phi) is 4.51. The number of hydrogen-bond acceptors (Lipinski definition) is 6. The first-order chi connectivity index (χ1) is 15.2. The number of amidine groups is 1. The number of carbonyl (C=O) groups is 1. The molecule has 2 aliphatic rings. The molecular weight excluding hydrogens is 394 g/mol. The molecule has 0 aromatic heterocycles. The highest BCUT2D eigenvalue weighted by atomic mass is 16.7. The van der Waals surface area contributed by atoms with Gasteiger partial charge in [0.1, 0.15) is 0 Å². The van der Waals surface area contributed by atoms with Crippen molar-refractivity contribution in [1.29, 1.82) is 0 Å². The van der Waals surface area contributed by atoms with Gasteiger partial charge in [0.05, 0.1) is 20.6 Å². The SMILES string of the molecule is COc1cc2c(cc1OC)C1(c3ccccc3)ON=C(c3ccccc3)N1NC(=O)C2. The summed E-state index contributed by atoms with van der Waals surface area (Å²) in [6, 6.07) is 23.0. The van der Waals surface area contributed by atoms with Crippen LogP contribution in [0.3, 0.4) is 0 Å². The quantitative estimate of drug-likeness (QED) is 0.709. The molecule has 2 heterocycles. The molecule has 3 aromatic carbocycles. The third-order valence-electron chi connectivity index (χ3n) is 5.55. The number of ether oxygens (including phenoxy) is 2. The Balaban J connectivity index is 1.79.